The van der Waals surface area contributed by atoms with E-state index in [-0.39, 0.29) is 12.8 Å². The number of carbonyl (C=O) groups excluding carboxylic acids is 4. The summed E-state index contributed by atoms with van der Waals surface area (Å²) >= 11 is 0. The molecule has 3 aromatic rings. The molecule has 0 spiro atoms. The highest BCUT2D eigenvalue weighted by Crippen LogP contribution is 2.20. The van der Waals surface area contributed by atoms with E-state index < -0.39 is 60.9 Å². The lowest BCUT2D eigenvalue weighted by molar-refractivity contribution is -0.186. The van der Waals surface area contributed by atoms with Crippen molar-refractivity contribution in [1.29, 1.82) is 0 Å². The Morgan fingerprint density at radius 2 is 1.14 bits per heavy atom. The van der Waals surface area contributed by atoms with E-state index in [9.17, 15) is 32.3 Å². The Morgan fingerprint density at radius 3 is 1.60 bits per heavy atom. The van der Waals surface area contributed by atoms with E-state index in [0.29, 0.717) is 16.0 Å². The van der Waals surface area contributed by atoms with Crippen LogP contribution >= 0.6 is 0 Å². The van der Waals surface area contributed by atoms with Gasteiger partial charge >= 0.3 is 12.1 Å². The number of benzene rings is 3. The highest BCUT2D eigenvalue weighted by Gasteiger charge is 2.43. The van der Waals surface area contributed by atoms with Crippen LogP contribution in [-0.2, 0) is 38.6 Å². The lowest BCUT2D eigenvalue weighted by Crippen LogP contribution is -2.56. The van der Waals surface area contributed by atoms with E-state index in [0.717, 1.165) is 5.56 Å². The lowest BCUT2D eigenvalue weighted by atomic mass is 9.99. The topological polar surface area (TPSA) is 122 Å². The normalized spacial score (nSPS) is 13.4. The molecule has 3 amide bonds. The molecular weight excluding hydrogens is 549 g/mol. The Bertz CT molecular complexity index is 1340. The van der Waals surface area contributed by atoms with Crippen molar-refractivity contribution in [3.05, 3.63) is 108 Å². The Balaban J connectivity index is 1.88. The highest BCUT2D eigenvalue weighted by molar-refractivity contribution is 5.96. The van der Waals surface area contributed by atoms with Crippen LogP contribution in [0.5, 0.6) is 0 Å². The van der Waals surface area contributed by atoms with Gasteiger partial charge in [0.25, 0.3) is 0 Å². The zero-order chi connectivity index (χ0) is 30.7. The SMILES string of the molecule is C[C@H](N)C(=O)N[C@@H](Cc1ccccc1)C(=O)N[C@@H](Cc1ccccc1)C(=O)CN(Cc1ccccc1)C(=O)C(F)(F)F. The second kappa shape index (κ2) is 14.9. The van der Waals surface area contributed by atoms with Crippen molar-refractivity contribution in [3.8, 4) is 0 Å². The van der Waals surface area contributed by atoms with Crippen LogP contribution in [0, 0.1) is 0 Å². The van der Waals surface area contributed by atoms with Crippen LogP contribution in [0.2, 0.25) is 0 Å². The molecule has 0 saturated carbocycles. The predicted octanol–water partition coefficient (Wildman–Crippen LogP) is 2.95. The van der Waals surface area contributed by atoms with Gasteiger partial charge < -0.3 is 21.3 Å². The van der Waals surface area contributed by atoms with Gasteiger partial charge in [-0.25, -0.2) is 0 Å². The number of nitrogens with two attached hydrogens (primary N) is 1. The first kappa shape index (κ1) is 32.0. The van der Waals surface area contributed by atoms with Crippen molar-refractivity contribution in [2.24, 2.45) is 5.73 Å². The van der Waals surface area contributed by atoms with Gasteiger partial charge in [0, 0.05) is 13.0 Å². The van der Waals surface area contributed by atoms with Crippen molar-refractivity contribution in [3.63, 3.8) is 0 Å². The van der Waals surface area contributed by atoms with Gasteiger partial charge in [-0.05, 0) is 30.0 Å². The first-order valence-corrected chi connectivity index (χ1v) is 13.3. The van der Waals surface area contributed by atoms with Crippen molar-refractivity contribution in [1.82, 2.24) is 15.5 Å². The summed E-state index contributed by atoms with van der Waals surface area (Å²) in [4.78, 5) is 52.2. The van der Waals surface area contributed by atoms with Gasteiger partial charge in [0.2, 0.25) is 11.8 Å². The van der Waals surface area contributed by atoms with Gasteiger partial charge in [-0.2, -0.15) is 13.2 Å². The summed E-state index contributed by atoms with van der Waals surface area (Å²) in [6.45, 7) is 0.0894. The van der Waals surface area contributed by atoms with Gasteiger partial charge in [-0.1, -0.05) is 91.0 Å². The van der Waals surface area contributed by atoms with Crippen LogP contribution < -0.4 is 16.4 Å². The number of nitrogens with zero attached hydrogens (tertiary/aromatic N) is 1. The van der Waals surface area contributed by atoms with Crippen LogP contribution in [0.3, 0.4) is 0 Å². The Hall–Kier alpha value is -4.51. The monoisotopic (exact) mass is 582 g/mol. The molecule has 3 aromatic carbocycles. The minimum atomic E-state index is -5.21. The number of amides is 3. The van der Waals surface area contributed by atoms with E-state index in [2.05, 4.69) is 10.6 Å². The summed E-state index contributed by atoms with van der Waals surface area (Å²) in [5.41, 5.74) is 7.43. The molecule has 0 aliphatic heterocycles. The lowest BCUT2D eigenvalue weighted by Gasteiger charge is -2.27. The van der Waals surface area contributed by atoms with Gasteiger partial charge in [-0.3, -0.25) is 19.2 Å². The quantitative estimate of drug-likeness (QED) is 0.286. The van der Waals surface area contributed by atoms with Crippen LogP contribution in [-0.4, -0.2) is 59.3 Å². The third-order valence-corrected chi connectivity index (χ3v) is 6.41. The maximum atomic E-state index is 13.5. The van der Waals surface area contributed by atoms with E-state index in [1.54, 1.807) is 91.0 Å². The molecule has 3 rings (SSSR count). The van der Waals surface area contributed by atoms with E-state index in [1.165, 1.54) is 6.92 Å². The molecule has 0 saturated heterocycles. The standard InChI is InChI=1S/C31H33F3N4O4/c1-21(35)28(40)37-26(18-23-13-7-3-8-14-23)29(41)36-25(17-22-11-5-2-6-12-22)27(39)20-38(30(42)31(32,33)34)19-24-15-9-4-10-16-24/h2-16,21,25-26H,17-20,35H2,1H3,(H,36,41)(H,37,40)/t21-,25-,26-/m0/s1. The van der Waals surface area contributed by atoms with Crippen molar-refractivity contribution in [2.75, 3.05) is 6.54 Å². The second-order valence-corrected chi connectivity index (χ2v) is 9.90. The van der Waals surface area contributed by atoms with Crippen molar-refractivity contribution >= 4 is 23.5 Å². The van der Waals surface area contributed by atoms with Crippen molar-refractivity contribution in [2.45, 2.75) is 50.6 Å². The molecule has 3 atom stereocenters. The molecule has 0 aromatic heterocycles. The molecule has 0 bridgehead atoms. The van der Waals surface area contributed by atoms with Gasteiger partial charge in [0.15, 0.2) is 5.78 Å². The minimum absolute atomic E-state index is 0.0515. The van der Waals surface area contributed by atoms with Gasteiger partial charge in [-0.15, -0.1) is 0 Å². The zero-order valence-corrected chi connectivity index (χ0v) is 23.0. The molecule has 0 heterocycles. The number of rotatable bonds is 13. The van der Waals surface area contributed by atoms with E-state index in [4.69, 9.17) is 5.73 Å². The number of halogens is 3. The Labute approximate surface area is 242 Å². The second-order valence-electron chi connectivity index (χ2n) is 9.90. The molecule has 0 aliphatic rings. The van der Waals surface area contributed by atoms with Crippen molar-refractivity contribution < 1.29 is 32.3 Å². The summed E-state index contributed by atoms with van der Waals surface area (Å²) in [5, 5.41) is 5.20. The minimum Gasteiger partial charge on any atom is -0.344 e. The summed E-state index contributed by atoms with van der Waals surface area (Å²) in [6.07, 6.45) is -5.19. The molecule has 42 heavy (non-hydrogen) atoms. The number of nitrogens with one attached hydrogen (secondary N) is 2. The number of carbonyl (C=O) groups is 4. The Kier molecular flexibility index (Phi) is 11.4. The van der Waals surface area contributed by atoms with E-state index in [1.807, 2.05) is 0 Å². The van der Waals surface area contributed by atoms with Crippen LogP contribution in [0.4, 0.5) is 13.2 Å². The molecular formula is C31H33F3N4O4. The summed E-state index contributed by atoms with van der Waals surface area (Å²) in [6, 6.07) is 22.0. The number of hydrogen-bond acceptors (Lipinski definition) is 5. The van der Waals surface area contributed by atoms with Gasteiger partial charge in [0.05, 0.1) is 18.6 Å². The molecule has 0 radical (unpaired) electrons. The number of alkyl halides is 3. The van der Waals surface area contributed by atoms with Gasteiger partial charge in [0.1, 0.15) is 6.04 Å². The third kappa shape index (κ3) is 9.84. The number of ketones is 1. The fourth-order valence-electron chi connectivity index (χ4n) is 4.21. The molecule has 11 heteroatoms. The molecule has 0 aliphatic carbocycles. The summed E-state index contributed by atoms with van der Waals surface area (Å²) in [7, 11) is 0. The summed E-state index contributed by atoms with van der Waals surface area (Å²) < 4.78 is 40.5. The molecule has 0 fully saturated rings. The number of Topliss-reactive ketones (excluding diaryl/α,β-unsaturated/α-hetero) is 1. The van der Waals surface area contributed by atoms with Crippen LogP contribution in [0.25, 0.3) is 0 Å². The van der Waals surface area contributed by atoms with Crippen LogP contribution in [0.15, 0.2) is 91.0 Å². The number of hydrogen-bond donors (Lipinski definition) is 3. The average molecular weight is 583 g/mol. The molecule has 4 N–H and O–H groups in total. The predicted molar refractivity (Wildman–Crippen MR) is 151 cm³/mol. The fourth-order valence-corrected chi connectivity index (χ4v) is 4.21. The zero-order valence-electron chi connectivity index (χ0n) is 23.0. The average Bonchev–Trinajstić information content (AvgIpc) is 2.96. The maximum Gasteiger partial charge on any atom is 0.471 e. The Morgan fingerprint density at radius 1 is 0.714 bits per heavy atom. The first-order chi connectivity index (χ1) is 19.9. The third-order valence-electron chi connectivity index (χ3n) is 6.41. The summed E-state index contributed by atoms with van der Waals surface area (Å²) in [5.74, 6) is -4.30. The smallest absolute Gasteiger partial charge is 0.344 e. The largest absolute Gasteiger partial charge is 0.471 e. The maximum absolute atomic E-state index is 13.5. The molecule has 8 nitrogen and oxygen atoms in total. The molecule has 222 valence electrons. The van der Waals surface area contributed by atoms with E-state index >= 15 is 0 Å². The molecule has 0 unspecified atom stereocenters. The fraction of sp³-hybridized carbons (Fsp3) is 0.290. The first-order valence-electron chi connectivity index (χ1n) is 13.3. The van der Waals surface area contributed by atoms with Crippen LogP contribution in [0.1, 0.15) is 23.6 Å². The highest BCUT2D eigenvalue weighted by atomic mass is 19.4.